The van der Waals surface area contributed by atoms with Crippen molar-refractivity contribution >= 4 is 45.8 Å². The summed E-state index contributed by atoms with van der Waals surface area (Å²) < 4.78 is 40.5. The number of carbonyl (C=O) groups excluding carboxylic acids is 4. The summed E-state index contributed by atoms with van der Waals surface area (Å²) in [5.41, 5.74) is 2.30. The van der Waals surface area contributed by atoms with Crippen molar-refractivity contribution in [2.24, 2.45) is 0 Å². The van der Waals surface area contributed by atoms with Gasteiger partial charge in [0, 0.05) is 36.0 Å². The lowest BCUT2D eigenvalue weighted by Crippen LogP contribution is -2.55. The zero-order valence-corrected chi connectivity index (χ0v) is 31.3. The minimum atomic E-state index is -1.14. The lowest BCUT2D eigenvalue weighted by Gasteiger charge is -2.45. The van der Waals surface area contributed by atoms with Crippen LogP contribution in [0.3, 0.4) is 0 Å². The number of thiazole rings is 1. The highest BCUT2D eigenvalue weighted by molar-refractivity contribution is 7.14. The van der Waals surface area contributed by atoms with Gasteiger partial charge < -0.3 is 25.0 Å². The Labute approximate surface area is 318 Å². The van der Waals surface area contributed by atoms with Crippen LogP contribution in [-0.4, -0.2) is 67.1 Å². The van der Waals surface area contributed by atoms with Gasteiger partial charge in [-0.3, -0.25) is 24.5 Å². The highest BCUT2D eigenvalue weighted by Crippen LogP contribution is 2.39. The fraction of sp³-hybridized carbons (Fsp3) is 0.525. The molecule has 3 N–H and O–H groups in total. The Morgan fingerprint density at radius 3 is 2.33 bits per heavy atom. The molecule has 14 heteroatoms. The molecule has 3 aliphatic heterocycles. The molecule has 1 aromatic heterocycles. The number of imide groups is 1. The first-order valence-electron chi connectivity index (χ1n) is 19.2. The summed E-state index contributed by atoms with van der Waals surface area (Å²) in [6.45, 7) is 1.33. The summed E-state index contributed by atoms with van der Waals surface area (Å²) in [5.74, 6) is -3.82. The number of hydrogen-bond acceptors (Lipinski definition) is 9. The number of ether oxygens (including phenoxy) is 2. The number of fused-ring (bicyclic) bond motifs is 2. The number of morpholine rings is 1. The molecule has 3 atom stereocenters. The Morgan fingerprint density at radius 1 is 0.907 bits per heavy atom. The number of rotatable bonds is 18. The van der Waals surface area contributed by atoms with Gasteiger partial charge in [0.1, 0.15) is 0 Å². The average Bonchev–Trinajstić information content (AvgIpc) is 3.64. The number of carbonyl (C=O) groups is 4. The second kappa shape index (κ2) is 19.2. The lowest BCUT2D eigenvalue weighted by atomic mass is 9.90. The van der Waals surface area contributed by atoms with E-state index in [2.05, 4.69) is 20.9 Å². The SMILES string of the molecule is O=C(COc1c(-c2csc(N3C4CCCC3COC4)n2)ccc(F)c1F)NCCCCCCCCCCC(=O)Nc1ccc(C2CCC(=O)NC2=O)cc1. The molecule has 3 aromatic rings. The Kier molecular flexibility index (Phi) is 14.0. The predicted molar refractivity (Wildman–Crippen MR) is 202 cm³/mol. The Morgan fingerprint density at radius 2 is 1.61 bits per heavy atom. The van der Waals surface area contributed by atoms with Gasteiger partial charge in [-0.25, -0.2) is 9.37 Å². The van der Waals surface area contributed by atoms with E-state index in [0.29, 0.717) is 56.0 Å². The van der Waals surface area contributed by atoms with Crippen molar-refractivity contribution in [2.75, 3.05) is 36.6 Å². The number of nitrogens with one attached hydrogen (secondary N) is 3. The summed E-state index contributed by atoms with van der Waals surface area (Å²) in [7, 11) is 0. The quantitative estimate of drug-likeness (QED) is 0.0929. The van der Waals surface area contributed by atoms with Crippen LogP contribution in [0, 0.1) is 11.6 Å². The number of benzene rings is 2. The van der Waals surface area contributed by atoms with Crippen molar-refractivity contribution in [1.82, 2.24) is 15.6 Å². The van der Waals surface area contributed by atoms with Crippen LogP contribution >= 0.6 is 11.3 Å². The number of piperidine rings is 2. The minimum Gasteiger partial charge on any atom is -0.480 e. The van der Waals surface area contributed by atoms with Crippen LogP contribution in [-0.2, 0) is 23.9 Å². The molecule has 3 unspecified atom stereocenters. The number of anilines is 2. The van der Waals surface area contributed by atoms with Crippen LogP contribution in [0.25, 0.3) is 11.3 Å². The molecule has 6 rings (SSSR count). The molecule has 0 aliphatic carbocycles. The van der Waals surface area contributed by atoms with Gasteiger partial charge in [0.05, 0.1) is 36.9 Å². The summed E-state index contributed by atoms with van der Waals surface area (Å²) >= 11 is 1.46. The highest BCUT2D eigenvalue weighted by atomic mass is 32.1. The van der Waals surface area contributed by atoms with Gasteiger partial charge in [0.15, 0.2) is 23.3 Å². The highest BCUT2D eigenvalue weighted by Gasteiger charge is 2.36. The van der Waals surface area contributed by atoms with E-state index < -0.39 is 24.1 Å². The van der Waals surface area contributed by atoms with Gasteiger partial charge in [-0.1, -0.05) is 50.7 Å². The number of nitrogens with zero attached hydrogens (tertiary/aromatic N) is 2. The standard InChI is InChI=1S/C40H49F2N5O6S/c41-32-19-17-31(33-25-54-40(45-33)47-28-10-9-11-29(47)23-52-22-28)38(37(32)42)53-24-36(50)43-21-8-6-4-2-1-3-5-7-12-34(48)44-27-15-13-26(14-16-27)30-18-20-35(49)46-39(30)51/h13-17,19,25,28-30H,1-12,18,20-24H2,(H,43,50)(H,44,48)(H,46,49,51). The summed E-state index contributed by atoms with van der Waals surface area (Å²) in [6.07, 6.45) is 12.2. The number of halogens is 2. The van der Waals surface area contributed by atoms with Crippen LogP contribution < -0.4 is 25.6 Å². The molecule has 3 saturated heterocycles. The van der Waals surface area contributed by atoms with Crippen LogP contribution in [0.5, 0.6) is 5.75 Å². The summed E-state index contributed by atoms with van der Waals surface area (Å²) in [5, 5.41) is 10.7. The lowest BCUT2D eigenvalue weighted by molar-refractivity contribution is -0.134. The summed E-state index contributed by atoms with van der Waals surface area (Å²) in [4.78, 5) is 55.4. The van der Waals surface area contributed by atoms with Gasteiger partial charge in [0.2, 0.25) is 23.5 Å². The number of unbranched alkanes of at least 4 members (excludes halogenated alkanes) is 7. The molecule has 3 fully saturated rings. The normalized spacial score (nSPS) is 19.7. The van der Waals surface area contributed by atoms with E-state index in [9.17, 15) is 28.0 Å². The fourth-order valence-corrected chi connectivity index (χ4v) is 8.42. The van der Waals surface area contributed by atoms with Gasteiger partial charge in [-0.05, 0) is 68.4 Å². The third kappa shape index (κ3) is 10.4. The van der Waals surface area contributed by atoms with Gasteiger partial charge in [-0.15, -0.1) is 11.3 Å². The fourth-order valence-electron chi connectivity index (χ4n) is 7.45. The zero-order chi connectivity index (χ0) is 37.9. The minimum absolute atomic E-state index is 0.0445. The molecule has 0 spiro atoms. The van der Waals surface area contributed by atoms with E-state index in [1.165, 1.54) is 17.4 Å². The van der Waals surface area contributed by atoms with Crippen LogP contribution in [0.1, 0.15) is 101 Å². The van der Waals surface area contributed by atoms with Gasteiger partial charge >= 0.3 is 0 Å². The molecule has 2 aromatic carbocycles. The van der Waals surface area contributed by atoms with Crippen molar-refractivity contribution in [2.45, 2.75) is 108 Å². The zero-order valence-electron chi connectivity index (χ0n) is 30.5. The molecular formula is C40H49F2N5O6S. The second-order valence-electron chi connectivity index (χ2n) is 14.3. The maximum atomic E-state index is 14.9. The average molecular weight is 766 g/mol. The van der Waals surface area contributed by atoms with Crippen LogP contribution in [0.2, 0.25) is 0 Å². The van der Waals surface area contributed by atoms with E-state index in [4.69, 9.17) is 14.5 Å². The van der Waals surface area contributed by atoms with Crippen molar-refractivity contribution in [3.05, 3.63) is 59.0 Å². The van der Waals surface area contributed by atoms with Crippen molar-refractivity contribution in [3.8, 4) is 17.0 Å². The molecule has 4 heterocycles. The topological polar surface area (TPSA) is 139 Å². The first-order valence-corrected chi connectivity index (χ1v) is 20.1. The number of amides is 4. The number of aromatic nitrogens is 1. The Hall–Kier alpha value is -4.43. The van der Waals surface area contributed by atoms with Gasteiger partial charge in [0.25, 0.3) is 5.91 Å². The Balaban J connectivity index is 0.817. The van der Waals surface area contributed by atoms with E-state index in [0.717, 1.165) is 87.4 Å². The smallest absolute Gasteiger partial charge is 0.257 e. The predicted octanol–water partition coefficient (Wildman–Crippen LogP) is 7.01. The molecule has 2 bridgehead atoms. The maximum Gasteiger partial charge on any atom is 0.257 e. The molecule has 54 heavy (non-hydrogen) atoms. The van der Waals surface area contributed by atoms with E-state index in [1.54, 1.807) is 12.1 Å². The second-order valence-corrected chi connectivity index (χ2v) is 15.2. The van der Waals surface area contributed by atoms with Crippen LogP contribution in [0.4, 0.5) is 19.6 Å². The van der Waals surface area contributed by atoms with E-state index in [1.807, 2.05) is 17.5 Å². The summed E-state index contributed by atoms with van der Waals surface area (Å²) in [6, 6.07) is 10.2. The third-order valence-corrected chi connectivity index (χ3v) is 11.2. The molecule has 3 aliphatic rings. The molecule has 0 saturated carbocycles. The van der Waals surface area contributed by atoms with E-state index >= 15 is 0 Å². The Bertz CT molecular complexity index is 1750. The third-order valence-electron chi connectivity index (χ3n) is 10.4. The first kappa shape index (κ1) is 39.3. The van der Waals surface area contributed by atoms with Crippen molar-refractivity contribution in [1.29, 1.82) is 0 Å². The van der Waals surface area contributed by atoms with Crippen molar-refractivity contribution in [3.63, 3.8) is 0 Å². The molecule has 290 valence electrons. The monoisotopic (exact) mass is 765 g/mol. The van der Waals surface area contributed by atoms with Crippen LogP contribution in [0.15, 0.2) is 41.8 Å². The van der Waals surface area contributed by atoms with E-state index in [-0.39, 0.29) is 41.5 Å². The number of hydrogen-bond donors (Lipinski definition) is 3. The first-order chi connectivity index (χ1) is 26.3. The van der Waals surface area contributed by atoms with Gasteiger partial charge in [-0.2, -0.15) is 4.39 Å². The molecule has 4 amide bonds. The maximum absolute atomic E-state index is 14.9. The molecule has 11 nitrogen and oxygen atoms in total. The molecule has 0 radical (unpaired) electrons. The largest absolute Gasteiger partial charge is 0.480 e. The molecular weight excluding hydrogens is 717 g/mol. The van der Waals surface area contributed by atoms with Crippen molar-refractivity contribution < 1.29 is 37.4 Å².